The van der Waals surface area contributed by atoms with Crippen molar-refractivity contribution in [3.8, 4) is 0 Å². The van der Waals surface area contributed by atoms with Crippen molar-refractivity contribution in [3.63, 3.8) is 0 Å². The predicted molar refractivity (Wildman–Crippen MR) is 63.4 cm³/mol. The highest BCUT2D eigenvalue weighted by Crippen LogP contribution is 2.42. The largest absolute Gasteiger partial charge is 0.369 e. The van der Waals surface area contributed by atoms with E-state index in [4.69, 9.17) is 11.6 Å². The Bertz CT molecular complexity index is 322. The second-order valence-electron chi connectivity index (χ2n) is 4.00. The molecule has 0 aliphatic carbocycles. The van der Waals surface area contributed by atoms with Gasteiger partial charge in [-0.05, 0) is 30.7 Å². The van der Waals surface area contributed by atoms with Crippen molar-refractivity contribution in [2.24, 2.45) is 0 Å². The summed E-state index contributed by atoms with van der Waals surface area (Å²) in [5.41, 5.74) is 1.32. The summed E-state index contributed by atoms with van der Waals surface area (Å²) in [5, 5.41) is 2.58. The van der Waals surface area contributed by atoms with Gasteiger partial charge in [-0.1, -0.05) is 11.6 Å². The Morgan fingerprint density at radius 1 is 1.14 bits per heavy atom. The molecule has 2 atom stereocenters. The van der Waals surface area contributed by atoms with Gasteiger partial charge in [-0.2, -0.15) is 11.8 Å². The Kier molecular flexibility index (Phi) is 2.14. The van der Waals surface area contributed by atoms with Gasteiger partial charge in [0, 0.05) is 34.3 Å². The van der Waals surface area contributed by atoms with Crippen molar-refractivity contribution in [1.82, 2.24) is 0 Å². The van der Waals surface area contributed by atoms with Gasteiger partial charge in [-0.3, -0.25) is 0 Å². The number of rotatable bonds is 1. The van der Waals surface area contributed by atoms with Crippen LogP contribution in [0.4, 0.5) is 5.69 Å². The van der Waals surface area contributed by atoms with E-state index in [-0.39, 0.29) is 0 Å². The van der Waals surface area contributed by atoms with Crippen LogP contribution in [-0.4, -0.2) is 23.6 Å². The van der Waals surface area contributed by atoms with Crippen molar-refractivity contribution >= 4 is 29.1 Å². The average molecular weight is 226 g/mol. The maximum Gasteiger partial charge on any atom is 0.0407 e. The molecule has 2 unspecified atom stereocenters. The summed E-state index contributed by atoms with van der Waals surface area (Å²) < 4.78 is 0. The number of fused-ring (bicyclic) bond motifs is 2. The smallest absolute Gasteiger partial charge is 0.0407 e. The molecule has 3 fully saturated rings. The third kappa shape index (κ3) is 1.51. The van der Waals surface area contributed by atoms with Crippen LogP contribution in [0.15, 0.2) is 24.3 Å². The van der Waals surface area contributed by atoms with Gasteiger partial charge in [0.05, 0.1) is 0 Å². The zero-order valence-corrected chi connectivity index (χ0v) is 9.39. The van der Waals surface area contributed by atoms with Gasteiger partial charge < -0.3 is 4.90 Å². The summed E-state index contributed by atoms with van der Waals surface area (Å²) in [6.45, 7) is 2.42. The molecule has 3 saturated heterocycles. The van der Waals surface area contributed by atoms with Crippen LogP contribution in [0.25, 0.3) is 0 Å². The number of nitrogens with zero attached hydrogens (tertiary/aromatic N) is 1. The number of hydrogen-bond acceptors (Lipinski definition) is 2. The first-order valence-electron chi connectivity index (χ1n) is 4.97. The van der Waals surface area contributed by atoms with Crippen molar-refractivity contribution in [1.29, 1.82) is 0 Å². The first-order valence-corrected chi connectivity index (χ1v) is 6.29. The molecule has 0 aromatic heterocycles. The Balaban J connectivity index is 1.79. The van der Waals surface area contributed by atoms with Crippen LogP contribution < -0.4 is 4.90 Å². The fraction of sp³-hybridized carbons (Fsp3) is 0.455. The molecule has 1 nitrogen and oxygen atoms in total. The minimum Gasteiger partial charge on any atom is -0.369 e. The standard InChI is InChI=1S/C11H12ClNS/c12-8-1-3-9(4-2-8)13-6-10-5-11(7-13)14-10/h1-4,10-11H,5-7H2. The highest BCUT2D eigenvalue weighted by atomic mass is 35.5. The predicted octanol–water partition coefficient (Wildman–Crippen LogP) is 3.03. The van der Waals surface area contributed by atoms with Gasteiger partial charge in [0.1, 0.15) is 0 Å². The van der Waals surface area contributed by atoms with Gasteiger partial charge in [-0.25, -0.2) is 0 Å². The summed E-state index contributed by atoms with van der Waals surface area (Å²) >= 11 is 8.01. The van der Waals surface area contributed by atoms with Crippen LogP contribution in [0.3, 0.4) is 0 Å². The summed E-state index contributed by atoms with van der Waals surface area (Å²) in [6.07, 6.45) is 1.43. The second-order valence-corrected chi connectivity index (χ2v) is 6.04. The summed E-state index contributed by atoms with van der Waals surface area (Å²) in [5.74, 6) is 0. The number of benzene rings is 1. The molecular weight excluding hydrogens is 214 g/mol. The maximum atomic E-state index is 5.87. The number of thioether (sulfide) groups is 1. The maximum absolute atomic E-state index is 5.87. The summed E-state index contributed by atoms with van der Waals surface area (Å²) in [4.78, 5) is 2.48. The van der Waals surface area contributed by atoms with Gasteiger partial charge >= 0.3 is 0 Å². The minimum atomic E-state index is 0.824. The lowest BCUT2D eigenvalue weighted by atomic mass is 10.1. The molecule has 0 saturated carbocycles. The van der Waals surface area contributed by atoms with Crippen molar-refractivity contribution < 1.29 is 0 Å². The first-order chi connectivity index (χ1) is 6.81. The van der Waals surface area contributed by atoms with E-state index in [2.05, 4.69) is 28.8 Å². The Labute approximate surface area is 93.4 Å². The third-order valence-corrected chi connectivity index (χ3v) is 4.66. The highest BCUT2D eigenvalue weighted by Gasteiger charge is 2.37. The van der Waals surface area contributed by atoms with E-state index in [1.54, 1.807) is 0 Å². The fourth-order valence-corrected chi connectivity index (χ4v) is 3.75. The minimum absolute atomic E-state index is 0.824. The normalized spacial score (nSPS) is 29.9. The molecule has 0 N–H and O–H groups in total. The number of anilines is 1. The monoisotopic (exact) mass is 225 g/mol. The van der Waals surface area contributed by atoms with E-state index in [0.29, 0.717) is 0 Å². The molecule has 4 rings (SSSR count). The quantitative estimate of drug-likeness (QED) is 0.723. The third-order valence-electron chi connectivity index (χ3n) is 2.95. The van der Waals surface area contributed by atoms with Crippen molar-refractivity contribution in [2.75, 3.05) is 18.0 Å². The van der Waals surface area contributed by atoms with Crippen molar-refractivity contribution in [2.45, 2.75) is 16.9 Å². The summed E-state index contributed by atoms with van der Waals surface area (Å²) in [6, 6.07) is 8.20. The van der Waals surface area contributed by atoms with Crippen LogP contribution in [0, 0.1) is 0 Å². The molecule has 3 aliphatic rings. The van der Waals surface area contributed by atoms with E-state index in [9.17, 15) is 0 Å². The Morgan fingerprint density at radius 3 is 2.29 bits per heavy atom. The molecular formula is C11H12ClNS. The van der Waals surface area contributed by atoms with Crippen LogP contribution in [0.1, 0.15) is 6.42 Å². The Morgan fingerprint density at radius 2 is 1.71 bits per heavy atom. The van der Waals surface area contributed by atoms with Crippen LogP contribution in [0.2, 0.25) is 5.02 Å². The van der Waals surface area contributed by atoms with Gasteiger partial charge in [0.2, 0.25) is 0 Å². The SMILES string of the molecule is Clc1ccc(N2CC3CC(C2)S3)cc1. The van der Waals surface area contributed by atoms with Gasteiger partial charge in [0.15, 0.2) is 0 Å². The number of hydrogen-bond donors (Lipinski definition) is 0. The Hall–Kier alpha value is -0.340. The molecule has 74 valence electrons. The summed E-state index contributed by atoms with van der Waals surface area (Å²) in [7, 11) is 0. The number of halogens is 1. The van der Waals surface area contributed by atoms with Gasteiger partial charge in [0.25, 0.3) is 0 Å². The topological polar surface area (TPSA) is 3.24 Å². The lowest BCUT2D eigenvalue weighted by molar-refractivity contribution is 0.558. The first kappa shape index (κ1) is 8.93. The molecule has 0 radical (unpaired) electrons. The average Bonchev–Trinajstić information content (AvgIpc) is 2.18. The lowest BCUT2D eigenvalue weighted by Gasteiger charge is -2.47. The molecule has 0 amide bonds. The molecule has 1 aromatic rings. The van der Waals surface area contributed by atoms with E-state index in [1.165, 1.54) is 25.2 Å². The molecule has 3 heterocycles. The second kappa shape index (κ2) is 3.35. The van der Waals surface area contributed by atoms with E-state index < -0.39 is 0 Å². The van der Waals surface area contributed by atoms with Crippen molar-refractivity contribution in [3.05, 3.63) is 29.3 Å². The molecule has 2 bridgehead atoms. The molecule has 14 heavy (non-hydrogen) atoms. The molecule has 1 aromatic carbocycles. The molecule has 3 heteroatoms. The van der Waals surface area contributed by atoms with Crippen LogP contribution >= 0.6 is 23.4 Å². The van der Waals surface area contributed by atoms with Crippen LogP contribution in [-0.2, 0) is 0 Å². The van der Waals surface area contributed by atoms with Gasteiger partial charge in [-0.15, -0.1) is 0 Å². The zero-order chi connectivity index (χ0) is 9.54. The fourth-order valence-electron chi connectivity index (χ4n) is 2.22. The van der Waals surface area contributed by atoms with E-state index >= 15 is 0 Å². The lowest BCUT2D eigenvalue weighted by Crippen LogP contribution is -2.51. The number of piperidine rings is 1. The van der Waals surface area contributed by atoms with E-state index in [1.807, 2.05) is 12.1 Å². The molecule has 3 aliphatic heterocycles. The van der Waals surface area contributed by atoms with Crippen LogP contribution in [0.5, 0.6) is 0 Å². The highest BCUT2D eigenvalue weighted by molar-refractivity contribution is 8.02. The zero-order valence-electron chi connectivity index (χ0n) is 7.82. The molecule has 0 spiro atoms. The van der Waals surface area contributed by atoms with E-state index in [0.717, 1.165) is 15.5 Å².